The summed E-state index contributed by atoms with van der Waals surface area (Å²) in [7, 11) is -4.78. The van der Waals surface area contributed by atoms with Crippen LogP contribution in [0.1, 0.15) is 175 Å². The number of phosphoric ester groups is 1. The average molecular weight is 793 g/mol. The van der Waals surface area contributed by atoms with Crippen LogP contribution in [0.3, 0.4) is 0 Å². The summed E-state index contributed by atoms with van der Waals surface area (Å²) < 4.78 is 32.0. The zero-order chi connectivity index (χ0) is 40.2. The van der Waals surface area contributed by atoms with Crippen LogP contribution in [0.4, 0.5) is 0 Å². The summed E-state index contributed by atoms with van der Waals surface area (Å²) in [4.78, 5) is 42.9. The third-order valence-electron chi connectivity index (χ3n) is 9.39. The van der Waals surface area contributed by atoms with E-state index in [0.717, 1.165) is 57.3 Å². The molecule has 0 amide bonds. The number of phosphoric acid groups is 1. The van der Waals surface area contributed by atoms with Crippen LogP contribution in [-0.4, -0.2) is 53.3 Å². The lowest BCUT2D eigenvalue weighted by Gasteiger charge is -2.18. The molecule has 0 aliphatic carbocycles. The summed E-state index contributed by atoms with van der Waals surface area (Å²) >= 11 is 0. The van der Waals surface area contributed by atoms with Crippen molar-refractivity contribution in [3.05, 3.63) is 60.8 Å². The van der Waals surface area contributed by atoms with Gasteiger partial charge in [-0.1, -0.05) is 171 Å². The standard InChI is InChI=1S/C45H77O9P/c1-4-5-28-34-42-43(54-42)35-30-25-21-17-13-10-11-15-19-23-27-32-37-45(47)53-41(39-52-55(48,49)50)38-51-44(46)36-31-26-22-18-14-9-7-6-8-12-16-20-24-29-33-40(2)3/h5,11,13,15,17,23,25,27-28,30,40-43H,4,6-10,12,14,16,18-22,24,26,29,31-39H2,1-3H3,(H2,48,49,50)/b15-11-,17-13-,27-23-,28-5-,30-25-/t41-,42?,43?/m1/s1. The summed E-state index contributed by atoms with van der Waals surface area (Å²) in [5, 5.41) is 0. The van der Waals surface area contributed by atoms with Crippen molar-refractivity contribution in [1.82, 2.24) is 0 Å². The molecular weight excluding hydrogens is 715 g/mol. The maximum absolute atomic E-state index is 12.4. The highest BCUT2D eigenvalue weighted by atomic mass is 31.2. The number of rotatable bonds is 37. The molecule has 0 aromatic heterocycles. The van der Waals surface area contributed by atoms with Crippen molar-refractivity contribution in [2.75, 3.05) is 13.2 Å². The highest BCUT2D eigenvalue weighted by Gasteiger charge is 2.35. The minimum atomic E-state index is -4.78. The molecule has 3 atom stereocenters. The molecule has 9 nitrogen and oxygen atoms in total. The van der Waals surface area contributed by atoms with E-state index < -0.39 is 32.5 Å². The van der Waals surface area contributed by atoms with Crippen LogP contribution in [0, 0.1) is 5.92 Å². The summed E-state index contributed by atoms with van der Waals surface area (Å²) in [6, 6.07) is 0. The molecule has 316 valence electrons. The minimum Gasteiger partial charge on any atom is -0.462 e. The number of unbranched alkanes of at least 4 members (excludes halogenated alkanes) is 13. The number of carbonyl (C=O) groups is 2. The molecule has 0 aromatic carbocycles. The Kier molecular flexibility index (Phi) is 32.2. The maximum Gasteiger partial charge on any atom is 0.469 e. The van der Waals surface area contributed by atoms with Crippen molar-refractivity contribution in [2.45, 2.75) is 193 Å². The maximum atomic E-state index is 12.4. The van der Waals surface area contributed by atoms with Crippen LogP contribution in [0.25, 0.3) is 0 Å². The number of allylic oxidation sites excluding steroid dienone is 8. The largest absolute Gasteiger partial charge is 0.469 e. The van der Waals surface area contributed by atoms with Crippen molar-refractivity contribution < 1.29 is 42.7 Å². The molecule has 2 N–H and O–H groups in total. The van der Waals surface area contributed by atoms with Gasteiger partial charge in [-0.2, -0.15) is 0 Å². The molecule has 0 spiro atoms. The zero-order valence-corrected chi connectivity index (χ0v) is 35.6. The van der Waals surface area contributed by atoms with Crippen molar-refractivity contribution in [3.63, 3.8) is 0 Å². The van der Waals surface area contributed by atoms with Gasteiger partial charge >= 0.3 is 19.8 Å². The first-order valence-electron chi connectivity index (χ1n) is 21.6. The van der Waals surface area contributed by atoms with Gasteiger partial charge in [0.2, 0.25) is 0 Å². The van der Waals surface area contributed by atoms with E-state index in [0.29, 0.717) is 25.0 Å². The Balaban J connectivity index is 2.10. The lowest BCUT2D eigenvalue weighted by molar-refractivity contribution is -0.161. The molecule has 1 aliphatic rings. The van der Waals surface area contributed by atoms with E-state index in [4.69, 9.17) is 24.0 Å². The highest BCUT2D eigenvalue weighted by Crippen LogP contribution is 2.36. The molecule has 0 radical (unpaired) electrons. The summed E-state index contributed by atoms with van der Waals surface area (Å²) in [6.45, 7) is 5.85. The third kappa shape index (κ3) is 35.8. The van der Waals surface area contributed by atoms with Gasteiger partial charge < -0.3 is 24.0 Å². The fourth-order valence-corrected chi connectivity index (χ4v) is 6.46. The molecule has 1 heterocycles. The van der Waals surface area contributed by atoms with Gasteiger partial charge in [0.25, 0.3) is 0 Å². The van der Waals surface area contributed by atoms with Crippen LogP contribution in [0.5, 0.6) is 0 Å². The van der Waals surface area contributed by atoms with Gasteiger partial charge in [-0.25, -0.2) is 4.57 Å². The number of carbonyl (C=O) groups excluding carboxylic acids is 2. The fraction of sp³-hybridized carbons (Fsp3) is 0.733. The molecular formula is C45H77O9P. The molecule has 10 heteroatoms. The Hall–Kier alpha value is -2.29. The van der Waals surface area contributed by atoms with Crippen LogP contribution in [-0.2, 0) is 32.9 Å². The Morgan fingerprint density at radius 1 is 0.618 bits per heavy atom. The van der Waals surface area contributed by atoms with E-state index in [9.17, 15) is 14.2 Å². The van der Waals surface area contributed by atoms with E-state index in [1.165, 1.54) is 77.0 Å². The van der Waals surface area contributed by atoms with E-state index in [1.54, 1.807) is 0 Å². The quantitative estimate of drug-likeness (QED) is 0.0207. The van der Waals surface area contributed by atoms with E-state index >= 15 is 0 Å². The Labute approximate surface area is 334 Å². The monoisotopic (exact) mass is 793 g/mol. The van der Waals surface area contributed by atoms with Crippen molar-refractivity contribution >= 4 is 19.8 Å². The summed E-state index contributed by atoms with van der Waals surface area (Å²) in [6.07, 6.45) is 45.7. The van der Waals surface area contributed by atoms with E-state index in [1.807, 2.05) is 12.2 Å². The normalized spacial score (nSPS) is 16.8. The molecule has 0 bridgehead atoms. The number of epoxide rings is 1. The number of esters is 2. The molecule has 0 saturated carbocycles. The minimum absolute atomic E-state index is 0.0823. The SMILES string of the molecule is CC/C=C\CC1OC1C/C=C\C/C=C\C/C=C\C/C=C\CCC(=O)O[C@H](COC(=O)CCCCCCCCCCCCCCCCC(C)C)COP(=O)(O)O. The molecule has 1 aliphatic heterocycles. The van der Waals surface area contributed by atoms with Crippen molar-refractivity contribution in [3.8, 4) is 0 Å². The van der Waals surface area contributed by atoms with E-state index in [-0.39, 0.29) is 19.4 Å². The zero-order valence-electron chi connectivity index (χ0n) is 34.7. The molecule has 2 unspecified atom stereocenters. The highest BCUT2D eigenvalue weighted by molar-refractivity contribution is 7.46. The Morgan fingerprint density at radius 2 is 1.09 bits per heavy atom. The van der Waals surface area contributed by atoms with Crippen LogP contribution < -0.4 is 0 Å². The smallest absolute Gasteiger partial charge is 0.462 e. The lowest BCUT2D eigenvalue weighted by atomic mass is 10.0. The van der Waals surface area contributed by atoms with Gasteiger partial charge in [0.05, 0.1) is 18.8 Å². The lowest BCUT2D eigenvalue weighted by Crippen LogP contribution is -2.29. The first-order valence-corrected chi connectivity index (χ1v) is 23.1. The van der Waals surface area contributed by atoms with Crippen LogP contribution >= 0.6 is 7.82 Å². The number of hydrogen-bond acceptors (Lipinski definition) is 7. The molecule has 1 rings (SSSR count). The predicted molar refractivity (Wildman–Crippen MR) is 225 cm³/mol. The van der Waals surface area contributed by atoms with Gasteiger partial charge in [0, 0.05) is 12.8 Å². The van der Waals surface area contributed by atoms with Crippen LogP contribution in [0.2, 0.25) is 0 Å². The van der Waals surface area contributed by atoms with Gasteiger partial charge in [0.1, 0.15) is 6.61 Å². The molecule has 55 heavy (non-hydrogen) atoms. The van der Waals surface area contributed by atoms with Gasteiger partial charge in [-0.15, -0.1) is 0 Å². The molecule has 0 aromatic rings. The van der Waals surface area contributed by atoms with Gasteiger partial charge in [0.15, 0.2) is 6.10 Å². The third-order valence-corrected chi connectivity index (χ3v) is 9.88. The van der Waals surface area contributed by atoms with E-state index in [2.05, 4.69) is 73.9 Å². The summed E-state index contributed by atoms with van der Waals surface area (Å²) in [5.74, 6) is -0.159. The average Bonchev–Trinajstić information content (AvgIpc) is 3.89. The first-order chi connectivity index (χ1) is 26.6. The second-order valence-corrected chi connectivity index (χ2v) is 16.4. The van der Waals surface area contributed by atoms with Gasteiger partial charge in [-0.3, -0.25) is 14.1 Å². The predicted octanol–water partition coefficient (Wildman–Crippen LogP) is 12.1. The molecule has 1 saturated heterocycles. The number of ether oxygens (including phenoxy) is 3. The number of hydrogen-bond donors (Lipinski definition) is 2. The topological polar surface area (TPSA) is 132 Å². The molecule has 1 fully saturated rings. The fourth-order valence-electron chi connectivity index (χ4n) is 6.10. The van der Waals surface area contributed by atoms with Crippen LogP contribution in [0.15, 0.2) is 60.8 Å². The summed E-state index contributed by atoms with van der Waals surface area (Å²) in [5.41, 5.74) is 0. The Bertz CT molecular complexity index is 1150. The second-order valence-electron chi connectivity index (χ2n) is 15.2. The van der Waals surface area contributed by atoms with Gasteiger partial charge in [-0.05, 0) is 57.3 Å². The van der Waals surface area contributed by atoms with Crippen molar-refractivity contribution in [2.24, 2.45) is 5.92 Å². The van der Waals surface area contributed by atoms with Crippen molar-refractivity contribution in [1.29, 1.82) is 0 Å². The second kappa shape index (κ2) is 34.9. The first kappa shape index (κ1) is 50.7. The Morgan fingerprint density at radius 3 is 1.60 bits per heavy atom.